The van der Waals surface area contributed by atoms with Crippen LogP contribution in [0.25, 0.3) is 0 Å². The zero-order valence-electron chi connectivity index (χ0n) is 13.3. The largest absolute Gasteiger partial charge is 0.322 e. The number of carbonyl (C=O) groups is 1. The Morgan fingerprint density at radius 1 is 1.27 bits per heavy atom. The van der Waals surface area contributed by atoms with E-state index in [1.807, 2.05) is 17.8 Å². The highest BCUT2D eigenvalue weighted by atomic mass is 32.2. The summed E-state index contributed by atoms with van der Waals surface area (Å²) in [5.41, 5.74) is 3.18. The fourth-order valence-electron chi connectivity index (χ4n) is 4.36. The summed E-state index contributed by atoms with van der Waals surface area (Å²) in [6.45, 7) is 5.55. The van der Waals surface area contributed by atoms with E-state index in [9.17, 15) is 4.79 Å². The van der Waals surface area contributed by atoms with E-state index in [4.69, 9.17) is 0 Å². The summed E-state index contributed by atoms with van der Waals surface area (Å²) >= 11 is 1.82. The second-order valence-corrected chi connectivity index (χ2v) is 8.49. The minimum atomic E-state index is 0.262. The first kappa shape index (κ1) is 14.4. The van der Waals surface area contributed by atoms with Gasteiger partial charge in [0.05, 0.1) is 5.75 Å². The average Bonchev–Trinajstić information content (AvgIpc) is 2.89. The number of hydrogen-bond donors (Lipinski definition) is 0. The highest BCUT2D eigenvalue weighted by molar-refractivity contribution is 8.01. The smallest absolute Gasteiger partial charge is 0.234 e. The maximum absolute atomic E-state index is 12.4. The number of hydrogen-bond acceptors (Lipinski definition) is 2. The molecule has 2 bridgehead atoms. The van der Waals surface area contributed by atoms with Gasteiger partial charge in [-0.25, -0.2) is 0 Å². The van der Waals surface area contributed by atoms with Crippen molar-refractivity contribution in [1.29, 1.82) is 0 Å². The van der Waals surface area contributed by atoms with E-state index in [0.717, 1.165) is 12.5 Å². The highest BCUT2D eigenvalue weighted by Crippen LogP contribution is 2.61. The zero-order chi connectivity index (χ0) is 15.3. The van der Waals surface area contributed by atoms with Crippen molar-refractivity contribution in [3.63, 3.8) is 0 Å². The van der Waals surface area contributed by atoms with E-state index in [0.29, 0.717) is 23.0 Å². The van der Waals surface area contributed by atoms with Crippen LogP contribution in [0.15, 0.2) is 42.0 Å². The molecule has 3 aliphatic carbocycles. The fourth-order valence-corrected chi connectivity index (χ4v) is 5.65. The molecule has 4 aliphatic rings. The van der Waals surface area contributed by atoms with E-state index >= 15 is 0 Å². The van der Waals surface area contributed by atoms with Gasteiger partial charge >= 0.3 is 0 Å². The SMILES string of the molecule is CC1(C)C2CC=C(C3SCC(=O)N3Cc3ccccc3)C1C2. The summed E-state index contributed by atoms with van der Waals surface area (Å²) in [5.74, 6) is 2.45. The lowest BCUT2D eigenvalue weighted by atomic mass is 9.49. The van der Waals surface area contributed by atoms with E-state index in [1.54, 1.807) is 0 Å². The second kappa shape index (κ2) is 5.16. The summed E-state index contributed by atoms with van der Waals surface area (Å²) < 4.78 is 0. The number of amides is 1. The van der Waals surface area contributed by atoms with Gasteiger partial charge in [0.1, 0.15) is 5.37 Å². The molecule has 1 aliphatic heterocycles. The Morgan fingerprint density at radius 2 is 2.05 bits per heavy atom. The number of fused-ring (bicyclic) bond motifs is 1. The lowest BCUT2D eigenvalue weighted by Gasteiger charge is -2.57. The van der Waals surface area contributed by atoms with Crippen molar-refractivity contribution in [2.75, 3.05) is 5.75 Å². The Bertz CT molecular complexity index is 622. The van der Waals surface area contributed by atoms with Crippen LogP contribution in [0.4, 0.5) is 0 Å². The van der Waals surface area contributed by atoms with Crippen molar-refractivity contribution in [2.24, 2.45) is 17.3 Å². The summed E-state index contributed by atoms with van der Waals surface area (Å²) in [6.07, 6.45) is 4.96. The van der Waals surface area contributed by atoms with Crippen LogP contribution in [0, 0.1) is 17.3 Å². The van der Waals surface area contributed by atoms with Crippen LogP contribution in [0.2, 0.25) is 0 Å². The first-order valence-electron chi connectivity index (χ1n) is 8.22. The van der Waals surface area contributed by atoms with Gasteiger partial charge in [-0.05, 0) is 41.2 Å². The molecule has 22 heavy (non-hydrogen) atoms. The monoisotopic (exact) mass is 313 g/mol. The van der Waals surface area contributed by atoms with Gasteiger partial charge in [-0.2, -0.15) is 0 Å². The van der Waals surface area contributed by atoms with Crippen molar-refractivity contribution in [2.45, 2.75) is 38.6 Å². The number of carbonyl (C=O) groups excluding carboxylic acids is 1. The maximum atomic E-state index is 12.4. The number of rotatable bonds is 3. The Balaban J connectivity index is 1.58. The Hall–Kier alpha value is -1.22. The molecule has 3 unspecified atom stereocenters. The molecule has 1 heterocycles. The third kappa shape index (κ3) is 2.13. The molecular weight excluding hydrogens is 290 g/mol. The molecule has 0 N–H and O–H groups in total. The molecule has 3 heteroatoms. The predicted molar refractivity (Wildman–Crippen MR) is 91.3 cm³/mol. The van der Waals surface area contributed by atoms with Crippen LogP contribution < -0.4 is 0 Å². The highest BCUT2D eigenvalue weighted by Gasteiger charge is 2.54. The Morgan fingerprint density at radius 3 is 2.73 bits per heavy atom. The summed E-state index contributed by atoms with van der Waals surface area (Å²) in [5, 5.41) is 0.262. The molecule has 1 saturated heterocycles. The molecule has 5 rings (SSSR count). The molecular formula is C19H23NOS. The normalized spacial score (nSPS) is 32.6. The molecule has 3 atom stereocenters. The number of nitrogens with zero attached hydrogens (tertiary/aromatic N) is 1. The fraction of sp³-hybridized carbons (Fsp3) is 0.526. The van der Waals surface area contributed by atoms with Crippen molar-refractivity contribution in [1.82, 2.24) is 4.90 Å². The molecule has 116 valence electrons. The molecule has 1 amide bonds. The van der Waals surface area contributed by atoms with E-state index < -0.39 is 0 Å². The molecule has 0 aromatic heterocycles. The third-order valence-electron chi connectivity index (χ3n) is 5.96. The lowest BCUT2D eigenvalue weighted by Crippen LogP contribution is -2.51. The van der Waals surface area contributed by atoms with Gasteiger partial charge in [0.2, 0.25) is 5.91 Å². The molecule has 1 aromatic rings. The van der Waals surface area contributed by atoms with Crippen molar-refractivity contribution in [3.8, 4) is 0 Å². The molecule has 1 saturated carbocycles. The second-order valence-electron chi connectivity index (χ2n) is 7.42. The zero-order valence-corrected chi connectivity index (χ0v) is 14.1. The minimum absolute atomic E-state index is 0.262. The lowest BCUT2D eigenvalue weighted by molar-refractivity contribution is -0.128. The molecule has 0 radical (unpaired) electrons. The maximum Gasteiger partial charge on any atom is 0.234 e. The van der Waals surface area contributed by atoms with Crippen LogP contribution in [0.1, 0.15) is 32.3 Å². The molecule has 1 aromatic carbocycles. The average molecular weight is 313 g/mol. The van der Waals surface area contributed by atoms with Crippen LogP contribution in [-0.2, 0) is 11.3 Å². The summed E-state index contributed by atoms with van der Waals surface area (Å²) in [6, 6.07) is 10.4. The standard InChI is InChI=1S/C19H23NOS/c1-19(2)14-8-9-15(16(19)10-14)18-20(17(21)12-22-18)11-13-6-4-3-5-7-13/h3-7,9,14,16,18H,8,10-12H2,1-2H3. The van der Waals surface area contributed by atoms with E-state index in [1.165, 1.54) is 24.0 Å². The van der Waals surface area contributed by atoms with Crippen molar-refractivity contribution >= 4 is 17.7 Å². The van der Waals surface area contributed by atoms with Crippen molar-refractivity contribution in [3.05, 3.63) is 47.5 Å². The van der Waals surface area contributed by atoms with Gasteiger partial charge in [-0.3, -0.25) is 4.79 Å². The van der Waals surface area contributed by atoms with Crippen LogP contribution in [0.5, 0.6) is 0 Å². The third-order valence-corrected chi connectivity index (χ3v) is 7.22. The van der Waals surface area contributed by atoms with Crippen molar-refractivity contribution < 1.29 is 4.79 Å². The van der Waals surface area contributed by atoms with Gasteiger partial charge in [-0.1, -0.05) is 50.3 Å². The van der Waals surface area contributed by atoms with E-state index in [2.05, 4.69) is 49.1 Å². The Kier molecular flexibility index (Phi) is 3.37. The van der Waals surface area contributed by atoms with Gasteiger partial charge < -0.3 is 4.90 Å². The Labute approximate surface area is 137 Å². The van der Waals surface area contributed by atoms with Crippen LogP contribution >= 0.6 is 11.8 Å². The first-order chi connectivity index (χ1) is 10.6. The van der Waals surface area contributed by atoms with Gasteiger partial charge in [0.15, 0.2) is 0 Å². The topological polar surface area (TPSA) is 20.3 Å². The summed E-state index contributed by atoms with van der Waals surface area (Å²) in [4.78, 5) is 14.5. The predicted octanol–water partition coefficient (Wildman–Crippen LogP) is 4.08. The van der Waals surface area contributed by atoms with Crippen LogP contribution in [-0.4, -0.2) is 21.9 Å². The molecule has 2 fully saturated rings. The van der Waals surface area contributed by atoms with Gasteiger partial charge in [0.25, 0.3) is 0 Å². The first-order valence-corrected chi connectivity index (χ1v) is 9.27. The summed E-state index contributed by atoms with van der Waals surface area (Å²) in [7, 11) is 0. The van der Waals surface area contributed by atoms with Crippen LogP contribution in [0.3, 0.4) is 0 Å². The number of allylic oxidation sites excluding steroid dienone is 1. The van der Waals surface area contributed by atoms with E-state index in [-0.39, 0.29) is 5.37 Å². The van der Waals surface area contributed by atoms with Gasteiger partial charge in [0, 0.05) is 6.54 Å². The molecule has 0 spiro atoms. The number of thioether (sulfide) groups is 1. The number of benzene rings is 1. The quantitative estimate of drug-likeness (QED) is 0.784. The van der Waals surface area contributed by atoms with Gasteiger partial charge in [-0.15, -0.1) is 11.8 Å². The molecule has 2 nitrogen and oxygen atoms in total. The minimum Gasteiger partial charge on any atom is -0.322 e.